The van der Waals surface area contributed by atoms with Crippen LogP contribution >= 0.6 is 0 Å². The average molecular weight is 340 g/mol. The van der Waals surface area contributed by atoms with Gasteiger partial charge >= 0.3 is 0 Å². The molecule has 1 fully saturated rings. The molecule has 6 heteroatoms. The Morgan fingerprint density at radius 3 is 2.64 bits per heavy atom. The van der Waals surface area contributed by atoms with Crippen LogP contribution in [0.1, 0.15) is 29.6 Å². The van der Waals surface area contributed by atoms with Crippen molar-refractivity contribution in [2.45, 2.75) is 19.3 Å². The number of nitrogens with zero attached hydrogens (tertiary/aromatic N) is 2. The second-order valence-electron chi connectivity index (χ2n) is 6.19. The van der Waals surface area contributed by atoms with Gasteiger partial charge in [0.25, 0.3) is 5.91 Å². The molecule has 0 atom stereocenters. The van der Waals surface area contributed by atoms with Crippen LogP contribution in [0.5, 0.6) is 17.2 Å². The molecule has 1 aromatic carbocycles. The Labute approximate surface area is 146 Å². The van der Waals surface area contributed by atoms with E-state index in [9.17, 15) is 4.79 Å². The van der Waals surface area contributed by atoms with Gasteiger partial charge in [0.15, 0.2) is 11.5 Å². The predicted octanol–water partition coefficient (Wildman–Crippen LogP) is 3.11. The van der Waals surface area contributed by atoms with E-state index in [1.165, 1.54) is 6.42 Å². The van der Waals surface area contributed by atoms with E-state index in [0.29, 0.717) is 28.5 Å². The molecule has 0 N–H and O–H groups in total. The van der Waals surface area contributed by atoms with Crippen molar-refractivity contribution in [1.29, 1.82) is 0 Å². The number of aromatic nitrogens is 1. The normalized spacial score (nSPS) is 16.0. The summed E-state index contributed by atoms with van der Waals surface area (Å²) in [7, 11) is 1.60. The fourth-order valence-corrected chi connectivity index (χ4v) is 3.28. The highest BCUT2D eigenvalue weighted by molar-refractivity contribution is 5.95. The largest absolute Gasteiger partial charge is 0.496 e. The molecular formula is C19H20N2O4. The third-order valence-corrected chi connectivity index (χ3v) is 4.62. The van der Waals surface area contributed by atoms with Crippen LogP contribution in [0.2, 0.25) is 0 Å². The molecule has 1 amide bonds. The summed E-state index contributed by atoms with van der Waals surface area (Å²) >= 11 is 0. The van der Waals surface area contributed by atoms with Crippen molar-refractivity contribution in [1.82, 2.24) is 9.88 Å². The third-order valence-electron chi connectivity index (χ3n) is 4.62. The Kier molecular flexibility index (Phi) is 4.17. The minimum Gasteiger partial charge on any atom is -0.496 e. The lowest BCUT2D eigenvalue weighted by Gasteiger charge is -2.26. The lowest BCUT2D eigenvalue weighted by molar-refractivity contribution is 0.0724. The molecule has 1 saturated heterocycles. The Bertz CT molecular complexity index is 800. The highest BCUT2D eigenvalue weighted by Gasteiger charge is 2.22. The molecule has 0 unspecified atom stereocenters. The summed E-state index contributed by atoms with van der Waals surface area (Å²) in [5.74, 6) is 2.01. The lowest BCUT2D eigenvalue weighted by atomic mass is 10.1. The number of carbonyl (C=O) groups is 1. The summed E-state index contributed by atoms with van der Waals surface area (Å²) in [6.45, 7) is 1.84. The number of amides is 1. The quantitative estimate of drug-likeness (QED) is 0.859. The van der Waals surface area contributed by atoms with Crippen LogP contribution in [-0.4, -0.2) is 42.8 Å². The van der Waals surface area contributed by atoms with Crippen LogP contribution in [0, 0.1) is 0 Å². The van der Waals surface area contributed by atoms with Crippen molar-refractivity contribution in [3.63, 3.8) is 0 Å². The van der Waals surface area contributed by atoms with Gasteiger partial charge in [0.1, 0.15) is 5.75 Å². The summed E-state index contributed by atoms with van der Waals surface area (Å²) in [6.07, 6.45) is 5.00. The molecule has 0 spiro atoms. The van der Waals surface area contributed by atoms with E-state index in [0.717, 1.165) is 31.5 Å². The Morgan fingerprint density at radius 1 is 1.12 bits per heavy atom. The standard InChI is InChI=1S/C19H20N2O4/c1-23-16-11-18-17(24-12-25-18)10-14(16)15-9-13(5-6-20-15)19(22)21-7-3-2-4-8-21/h5-6,9-11H,2-4,7-8,12H2,1H3. The first kappa shape index (κ1) is 15.7. The number of pyridine rings is 1. The highest BCUT2D eigenvalue weighted by atomic mass is 16.7. The minimum atomic E-state index is 0.0584. The molecular weight excluding hydrogens is 320 g/mol. The number of hydrogen-bond donors (Lipinski definition) is 0. The predicted molar refractivity (Wildman–Crippen MR) is 92.1 cm³/mol. The van der Waals surface area contributed by atoms with Crippen LogP contribution in [-0.2, 0) is 0 Å². The minimum absolute atomic E-state index is 0.0584. The Morgan fingerprint density at radius 2 is 1.88 bits per heavy atom. The smallest absolute Gasteiger partial charge is 0.253 e. The molecule has 0 radical (unpaired) electrons. The van der Waals surface area contributed by atoms with E-state index in [2.05, 4.69) is 4.98 Å². The van der Waals surface area contributed by atoms with Crippen molar-refractivity contribution >= 4 is 5.91 Å². The summed E-state index contributed by atoms with van der Waals surface area (Å²) in [5, 5.41) is 0. The van der Waals surface area contributed by atoms with Gasteiger partial charge in [0, 0.05) is 36.5 Å². The van der Waals surface area contributed by atoms with E-state index in [-0.39, 0.29) is 12.7 Å². The van der Waals surface area contributed by atoms with E-state index >= 15 is 0 Å². The zero-order valence-corrected chi connectivity index (χ0v) is 14.2. The van der Waals surface area contributed by atoms with Crippen molar-refractivity contribution in [3.8, 4) is 28.5 Å². The highest BCUT2D eigenvalue weighted by Crippen LogP contribution is 2.42. The van der Waals surface area contributed by atoms with Gasteiger partial charge in [-0.2, -0.15) is 0 Å². The number of rotatable bonds is 3. The van der Waals surface area contributed by atoms with Crippen LogP contribution < -0.4 is 14.2 Å². The second kappa shape index (κ2) is 6.63. The zero-order chi connectivity index (χ0) is 17.2. The summed E-state index contributed by atoms with van der Waals surface area (Å²) in [4.78, 5) is 19.1. The molecule has 0 saturated carbocycles. The number of hydrogen-bond acceptors (Lipinski definition) is 5. The number of methoxy groups -OCH3 is 1. The van der Waals surface area contributed by atoms with Crippen LogP contribution in [0.4, 0.5) is 0 Å². The van der Waals surface area contributed by atoms with Crippen LogP contribution in [0.3, 0.4) is 0 Å². The second-order valence-corrected chi connectivity index (χ2v) is 6.19. The molecule has 130 valence electrons. The van der Waals surface area contributed by atoms with Crippen LogP contribution in [0.25, 0.3) is 11.3 Å². The first-order chi connectivity index (χ1) is 12.3. The number of fused-ring (bicyclic) bond motifs is 1. The number of ether oxygens (including phenoxy) is 3. The maximum absolute atomic E-state index is 12.7. The molecule has 2 aliphatic rings. The van der Waals surface area contributed by atoms with Gasteiger partial charge in [-0.3, -0.25) is 9.78 Å². The molecule has 0 bridgehead atoms. The van der Waals surface area contributed by atoms with Crippen molar-refractivity contribution in [2.75, 3.05) is 27.0 Å². The van der Waals surface area contributed by atoms with Gasteiger partial charge in [-0.25, -0.2) is 0 Å². The third kappa shape index (κ3) is 2.99. The number of carbonyl (C=O) groups excluding carboxylic acids is 1. The maximum Gasteiger partial charge on any atom is 0.253 e. The summed E-state index contributed by atoms with van der Waals surface area (Å²) in [6, 6.07) is 7.22. The fourth-order valence-electron chi connectivity index (χ4n) is 3.28. The SMILES string of the molecule is COc1cc2c(cc1-c1cc(C(=O)N3CCCCC3)ccn1)OCO2. The summed E-state index contributed by atoms with van der Waals surface area (Å²) in [5.41, 5.74) is 2.10. The molecule has 6 nitrogen and oxygen atoms in total. The monoisotopic (exact) mass is 340 g/mol. The van der Waals surface area contributed by atoms with E-state index in [1.54, 1.807) is 25.4 Å². The molecule has 3 heterocycles. The van der Waals surface area contributed by atoms with Crippen molar-refractivity contribution in [2.24, 2.45) is 0 Å². The number of likely N-dealkylation sites (tertiary alicyclic amines) is 1. The zero-order valence-electron chi connectivity index (χ0n) is 14.2. The molecule has 0 aliphatic carbocycles. The van der Waals surface area contributed by atoms with Gasteiger partial charge in [-0.15, -0.1) is 0 Å². The van der Waals surface area contributed by atoms with Crippen molar-refractivity contribution in [3.05, 3.63) is 36.0 Å². The Balaban J connectivity index is 1.69. The van der Waals surface area contributed by atoms with Gasteiger partial charge in [0.05, 0.1) is 12.8 Å². The molecule has 1 aromatic heterocycles. The first-order valence-electron chi connectivity index (χ1n) is 8.49. The maximum atomic E-state index is 12.7. The summed E-state index contributed by atoms with van der Waals surface area (Å²) < 4.78 is 16.3. The lowest BCUT2D eigenvalue weighted by Crippen LogP contribution is -2.35. The topological polar surface area (TPSA) is 60.9 Å². The van der Waals surface area contributed by atoms with Gasteiger partial charge in [-0.05, 0) is 37.5 Å². The molecule has 4 rings (SSSR count). The number of piperidine rings is 1. The fraction of sp³-hybridized carbons (Fsp3) is 0.368. The van der Waals surface area contributed by atoms with Gasteiger partial charge < -0.3 is 19.1 Å². The van der Waals surface area contributed by atoms with Crippen LogP contribution in [0.15, 0.2) is 30.5 Å². The van der Waals surface area contributed by atoms with Gasteiger partial charge in [0.2, 0.25) is 6.79 Å². The number of benzene rings is 1. The van der Waals surface area contributed by atoms with E-state index < -0.39 is 0 Å². The first-order valence-corrected chi connectivity index (χ1v) is 8.49. The molecule has 2 aromatic rings. The van der Waals surface area contributed by atoms with Gasteiger partial charge in [-0.1, -0.05) is 0 Å². The van der Waals surface area contributed by atoms with E-state index in [4.69, 9.17) is 14.2 Å². The molecule has 2 aliphatic heterocycles. The van der Waals surface area contributed by atoms with E-state index in [1.807, 2.05) is 17.0 Å². The molecule has 25 heavy (non-hydrogen) atoms. The Hall–Kier alpha value is -2.76. The average Bonchev–Trinajstić information content (AvgIpc) is 3.14. The van der Waals surface area contributed by atoms with Crippen molar-refractivity contribution < 1.29 is 19.0 Å².